The van der Waals surface area contributed by atoms with Crippen LogP contribution in [0.25, 0.3) is 0 Å². The third-order valence-electron chi connectivity index (χ3n) is 8.70. The summed E-state index contributed by atoms with van der Waals surface area (Å²) in [6.07, 6.45) is 3.23. The topological polar surface area (TPSA) is 44.2 Å². The molecule has 1 aromatic carbocycles. The minimum Gasteiger partial charge on any atom is -0.429 e. The van der Waals surface area contributed by atoms with Crippen LogP contribution in [0.1, 0.15) is 94.2 Å². The molecule has 0 atom stereocenters. The predicted molar refractivity (Wildman–Crippen MR) is 164 cm³/mol. The highest BCUT2D eigenvalue weighted by Crippen LogP contribution is 2.47. The maximum Gasteiger partial charge on any atom is 0.284 e. The van der Waals surface area contributed by atoms with E-state index in [-0.39, 0.29) is 0 Å². The fraction of sp³-hybridized carbons (Fsp3) is 0.562. The van der Waals surface area contributed by atoms with E-state index in [1.54, 1.807) is 12.4 Å². The molecule has 0 amide bonds. The van der Waals surface area contributed by atoms with Crippen molar-refractivity contribution in [2.24, 2.45) is 0 Å². The predicted octanol–water partition coefficient (Wildman–Crippen LogP) is 9.51. The van der Waals surface area contributed by atoms with E-state index in [4.69, 9.17) is 9.47 Å². The standard InChI is InChI=1S/C32H46N2O2Si2/c1-21(2)37(22(3)4,23(5)6)19-15-27-13-14-28(16-20-38(24(7)8,25(9)10)26(11)12)30-29(27)35-31-32(36-30)34-18-17-33-31/h13-14,17-18,21-26H,1-12H3. The SMILES string of the molecule is CC(C)[Si](C#Cc1ccc(C#C[Si](C(C)C)(C(C)C)C(C)C)c2c1Oc1nccnc1O2)(C(C)C)C(C)C. The number of hydrogen-bond acceptors (Lipinski definition) is 4. The van der Waals surface area contributed by atoms with E-state index in [0.717, 1.165) is 11.1 Å². The second-order valence-corrected chi connectivity index (χ2v) is 23.6. The molecule has 4 nitrogen and oxygen atoms in total. The first-order valence-electron chi connectivity index (χ1n) is 14.2. The third kappa shape index (κ3) is 5.31. The van der Waals surface area contributed by atoms with E-state index in [0.29, 0.717) is 56.5 Å². The minimum absolute atomic E-state index is 0.364. The Kier molecular flexibility index (Phi) is 9.22. The zero-order valence-corrected chi connectivity index (χ0v) is 27.5. The van der Waals surface area contributed by atoms with Gasteiger partial charge in [-0.25, -0.2) is 9.97 Å². The molecule has 2 aromatic rings. The number of ether oxygens (including phenoxy) is 2. The van der Waals surface area contributed by atoms with Crippen LogP contribution >= 0.6 is 0 Å². The normalized spacial score (nSPS) is 13.1. The summed E-state index contributed by atoms with van der Waals surface area (Å²) < 4.78 is 12.7. The quantitative estimate of drug-likeness (QED) is 0.228. The molecule has 6 heteroatoms. The molecule has 0 fully saturated rings. The molecule has 0 bridgehead atoms. The van der Waals surface area contributed by atoms with E-state index >= 15 is 0 Å². The molecule has 1 aliphatic heterocycles. The van der Waals surface area contributed by atoms with Gasteiger partial charge in [-0.1, -0.05) is 94.9 Å². The summed E-state index contributed by atoms with van der Waals surface area (Å²) in [5.41, 5.74) is 12.6. The summed E-state index contributed by atoms with van der Waals surface area (Å²) in [5.74, 6) is 9.05. The summed E-state index contributed by atoms with van der Waals surface area (Å²) >= 11 is 0. The minimum atomic E-state index is -1.93. The molecular weight excluding hydrogens is 501 g/mol. The van der Waals surface area contributed by atoms with Gasteiger partial charge in [0.05, 0.1) is 11.1 Å². The van der Waals surface area contributed by atoms with Crippen LogP contribution in [0.3, 0.4) is 0 Å². The molecule has 1 aliphatic rings. The number of rotatable bonds is 6. The summed E-state index contributed by atoms with van der Waals surface area (Å²) in [4.78, 5) is 8.72. The molecule has 0 spiro atoms. The van der Waals surface area contributed by atoms with Gasteiger partial charge >= 0.3 is 0 Å². The van der Waals surface area contributed by atoms with Crippen molar-refractivity contribution in [3.8, 4) is 46.2 Å². The average molecular weight is 547 g/mol. The fourth-order valence-corrected chi connectivity index (χ4v) is 17.3. The molecule has 1 aromatic heterocycles. The Morgan fingerprint density at radius 3 is 1.08 bits per heavy atom. The zero-order chi connectivity index (χ0) is 28.4. The van der Waals surface area contributed by atoms with Gasteiger partial charge in [0.25, 0.3) is 11.8 Å². The molecule has 2 heterocycles. The summed E-state index contributed by atoms with van der Waals surface area (Å²) in [7, 11) is -3.85. The molecule has 0 unspecified atom stereocenters. The lowest BCUT2D eigenvalue weighted by Gasteiger charge is -2.38. The average Bonchev–Trinajstić information content (AvgIpc) is 2.83. The summed E-state index contributed by atoms with van der Waals surface area (Å²) in [6, 6.07) is 4.09. The number of benzene rings is 1. The van der Waals surface area contributed by atoms with Crippen molar-refractivity contribution in [3.05, 3.63) is 35.7 Å². The van der Waals surface area contributed by atoms with Crippen LogP contribution in [0.2, 0.25) is 33.2 Å². The maximum atomic E-state index is 6.33. The number of nitrogens with zero attached hydrogens (tertiary/aromatic N) is 2. The second kappa shape index (κ2) is 11.7. The highest BCUT2D eigenvalue weighted by Gasteiger charge is 2.43. The summed E-state index contributed by atoms with van der Waals surface area (Å²) in [6.45, 7) is 27.9. The number of fused-ring (bicyclic) bond motifs is 2. The van der Waals surface area contributed by atoms with Crippen LogP contribution in [-0.2, 0) is 0 Å². The lowest BCUT2D eigenvalue weighted by atomic mass is 10.1. The van der Waals surface area contributed by atoms with Crippen molar-refractivity contribution >= 4 is 16.1 Å². The smallest absolute Gasteiger partial charge is 0.284 e. The van der Waals surface area contributed by atoms with Crippen molar-refractivity contribution in [3.63, 3.8) is 0 Å². The first-order chi connectivity index (χ1) is 17.8. The van der Waals surface area contributed by atoms with Gasteiger partial charge in [-0.2, -0.15) is 0 Å². The van der Waals surface area contributed by atoms with Crippen molar-refractivity contribution in [1.82, 2.24) is 9.97 Å². The van der Waals surface area contributed by atoms with Crippen molar-refractivity contribution < 1.29 is 9.47 Å². The van der Waals surface area contributed by atoms with Crippen LogP contribution in [0.4, 0.5) is 0 Å². The van der Waals surface area contributed by atoms with E-state index in [1.165, 1.54) is 0 Å². The van der Waals surface area contributed by atoms with Gasteiger partial charge in [-0.05, 0) is 45.4 Å². The molecular formula is C32H46N2O2Si2. The molecule has 0 aliphatic carbocycles. The van der Waals surface area contributed by atoms with Crippen LogP contribution in [0.5, 0.6) is 23.3 Å². The lowest BCUT2D eigenvalue weighted by Crippen LogP contribution is -2.43. The number of hydrogen-bond donors (Lipinski definition) is 0. The van der Waals surface area contributed by atoms with Gasteiger partial charge < -0.3 is 9.47 Å². The molecule has 0 saturated heterocycles. The third-order valence-corrected chi connectivity index (χ3v) is 21.3. The first kappa shape index (κ1) is 30.0. The Morgan fingerprint density at radius 2 is 0.816 bits per heavy atom. The van der Waals surface area contributed by atoms with Gasteiger partial charge in [0.2, 0.25) is 0 Å². The van der Waals surface area contributed by atoms with Crippen molar-refractivity contribution in [1.29, 1.82) is 0 Å². The zero-order valence-electron chi connectivity index (χ0n) is 25.5. The Morgan fingerprint density at radius 1 is 0.526 bits per heavy atom. The number of aromatic nitrogens is 2. The lowest BCUT2D eigenvalue weighted by molar-refractivity contribution is 0.334. The summed E-state index contributed by atoms with van der Waals surface area (Å²) in [5, 5.41) is 0. The van der Waals surface area contributed by atoms with E-state index in [2.05, 4.69) is 116 Å². The van der Waals surface area contributed by atoms with Gasteiger partial charge in [-0.3, -0.25) is 0 Å². The van der Waals surface area contributed by atoms with E-state index < -0.39 is 16.1 Å². The van der Waals surface area contributed by atoms with Gasteiger partial charge in [0.15, 0.2) is 11.5 Å². The molecule has 0 radical (unpaired) electrons. The highest BCUT2D eigenvalue weighted by atomic mass is 28.3. The van der Waals surface area contributed by atoms with Crippen LogP contribution in [0.15, 0.2) is 24.5 Å². The fourth-order valence-electron chi connectivity index (χ4n) is 6.83. The van der Waals surface area contributed by atoms with E-state index in [1.807, 2.05) is 12.1 Å². The monoisotopic (exact) mass is 546 g/mol. The molecule has 0 saturated carbocycles. The molecule has 3 rings (SSSR count). The maximum absolute atomic E-state index is 6.33. The van der Waals surface area contributed by atoms with Gasteiger partial charge in [-0.15, -0.1) is 11.1 Å². The Labute approximate surface area is 233 Å². The largest absolute Gasteiger partial charge is 0.429 e. The first-order valence-corrected chi connectivity index (χ1v) is 18.6. The molecule has 204 valence electrons. The second-order valence-electron chi connectivity index (χ2n) is 12.5. The van der Waals surface area contributed by atoms with Crippen molar-refractivity contribution in [2.45, 2.75) is 116 Å². The van der Waals surface area contributed by atoms with Crippen LogP contribution in [0, 0.1) is 22.9 Å². The van der Waals surface area contributed by atoms with Gasteiger partial charge in [0, 0.05) is 12.4 Å². The molecule has 0 N–H and O–H groups in total. The van der Waals surface area contributed by atoms with Crippen LogP contribution < -0.4 is 9.47 Å². The Bertz CT molecular complexity index is 1130. The molecule has 38 heavy (non-hydrogen) atoms. The van der Waals surface area contributed by atoms with Gasteiger partial charge in [0.1, 0.15) is 16.1 Å². The Hall–Kier alpha value is -2.55. The highest BCUT2D eigenvalue weighted by molar-refractivity contribution is 6.91. The Balaban J connectivity index is 2.24. The van der Waals surface area contributed by atoms with E-state index in [9.17, 15) is 0 Å². The van der Waals surface area contributed by atoms with Crippen molar-refractivity contribution in [2.75, 3.05) is 0 Å². The van der Waals surface area contributed by atoms with Crippen LogP contribution in [-0.4, -0.2) is 26.1 Å².